The predicted octanol–water partition coefficient (Wildman–Crippen LogP) is 3.61. The van der Waals surface area contributed by atoms with E-state index >= 15 is 4.39 Å². The van der Waals surface area contributed by atoms with Crippen LogP contribution >= 0.6 is 22.6 Å². The number of benzene rings is 1. The second-order valence-corrected chi connectivity index (χ2v) is 6.01. The lowest BCUT2D eigenvalue weighted by Crippen LogP contribution is -2.39. The van der Waals surface area contributed by atoms with Gasteiger partial charge in [0.2, 0.25) is 5.67 Å². The smallest absolute Gasteiger partial charge is 0.347 e. The van der Waals surface area contributed by atoms with E-state index in [9.17, 15) is 4.79 Å². The van der Waals surface area contributed by atoms with Gasteiger partial charge in [0.05, 0.1) is 12.2 Å². The Kier molecular flexibility index (Phi) is 4.69. The molecule has 1 aliphatic rings. The SMILES string of the molecule is CCOC(=O)[C@]1(F)C[C@](C)(CI)O[C@H]1c1ccccc1. The molecule has 1 fully saturated rings. The van der Waals surface area contributed by atoms with Gasteiger partial charge in [-0.15, -0.1) is 0 Å². The van der Waals surface area contributed by atoms with Crippen LogP contribution in [0.1, 0.15) is 31.9 Å². The van der Waals surface area contributed by atoms with Crippen LogP contribution in [0.15, 0.2) is 30.3 Å². The zero-order valence-corrected chi connectivity index (χ0v) is 13.7. The van der Waals surface area contributed by atoms with Gasteiger partial charge < -0.3 is 9.47 Å². The lowest BCUT2D eigenvalue weighted by atomic mass is 9.88. The highest BCUT2D eigenvalue weighted by Gasteiger charge is 2.60. The van der Waals surface area contributed by atoms with E-state index in [1.54, 1.807) is 19.1 Å². The van der Waals surface area contributed by atoms with Crippen LogP contribution in [0.2, 0.25) is 0 Å². The number of halogens is 2. The van der Waals surface area contributed by atoms with Gasteiger partial charge in [0.15, 0.2) is 0 Å². The van der Waals surface area contributed by atoms with Gasteiger partial charge in [0, 0.05) is 10.8 Å². The van der Waals surface area contributed by atoms with Gasteiger partial charge in [0.25, 0.3) is 0 Å². The van der Waals surface area contributed by atoms with Gasteiger partial charge in [-0.1, -0.05) is 52.9 Å². The Balaban J connectivity index is 2.38. The fraction of sp³-hybridized carbons (Fsp3) is 0.533. The number of carbonyl (C=O) groups is 1. The molecule has 2 rings (SSSR count). The number of carbonyl (C=O) groups excluding carboxylic acids is 1. The molecule has 1 aromatic carbocycles. The molecule has 1 saturated heterocycles. The minimum absolute atomic E-state index is 0.0152. The first kappa shape index (κ1) is 15.7. The van der Waals surface area contributed by atoms with Crippen LogP contribution in [0.5, 0.6) is 0 Å². The topological polar surface area (TPSA) is 35.5 Å². The Morgan fingerprint density at radius 1 is 1.50 bits per heavy atom. The maximum absolute atomic E-state index is 15.3. The molecule has 0 aromatic heterocycles. The van der Waals surface area contributed by atoms with Crippen molar-refractivity contribution in [2.24, 2.45) is 0 Å². The highest BCUT2D eigenvalue weighted by atomic mass is 127. The Bertz CT molecular complexity index is 481. The molecular formula is C15H18FIO3. The lowest BCUT2D eigenvalue weighted by molar-refractivity contribution is -0.162. The van der Waals surface area contributed by atoms with E-state index in [0.29, 0.717) is 9.99 Å². The van der Waals surface area contributed by atoms with Gasteiger partial charge in [-0.3, -0.25) is 0 Å². The molecule has 0 saturated carbocycles. The van der Waals surface area contributed by atoms with Crippen molar-refractivity contribution in [3.8, 4) is 0 Å². The largest absolute Gasteiger partial charge is 0.464 e. The maximum Gasteiger partial charge on any atom is 0.347 e. The summed E-state index contributed by atoms with van der Waals surface area (Å²) in [5.74, 6) is -0.831. The van der Waals surface area contributed by atoms with Crippen molar-refractivity contribution in [1.29, 1.82) is 0 Å². The van der Waals surface area contributed by atoms with Gasteiger partial charge in [-0.05, 0) is 19.4 Å². The zero-order valence-electron chi connectivity index (χ0n) is 11.6. The van der Waals surface area contributed by atoms with Crippen molar-refractivity contribution in [2.45, 2.75) is 37.6 Å². The summed E-state index contributed by atoms with van der Waals surface area (Å²) in [5.41, 5.74) is -2.13. The highest BCUT2D eigenvalue weighted by Crippen LogP contribution is 2.50. The Morgan fingerprint density at radius 3 is 2.70 bits per heavy atom. The third-order valence-electron chi connectivity index (χ3n) is 3.45. The van der Waals surface area contributed by atoms with Gasteiger partial charge in [-0.25, -0.2) is 9.18 Å². The van der Waals surface area contributed by atoms with Crippen molar-refractivity contribution in [3.63, 3.8) is 0 Å². The molecule has 3 nitrogen and oxygen atoms in total. The van der Waals surface area contributed by atoms with Crippen molar-refractivity contribution in [1.82, 2.24) is 0 Å². The van der Waals surface area contributed by atoms with Crippen LogP contribution < -0.4 is 0 Å². The first-order valence-electron chi connectivity index (χ1n) is 6.60. The molecule has 20 heavy (non-hydrogen) atoms. The number of hydrogen-bond acceptors (Lipinski definition) is 3. The summed E-state index contributed by atoms with van der Waals surface area (Å²) in [6.07, 6.45) is -0.899. The summed E-state index contributed by atoms with van der Waals surface area (Å²) in [4.78, 5) is 12.1. The second-order valence-electron chi connectivity index (χ2n) is 5.25. The first-order chi connectivity index (χ1) is 9.45. The average molecular weight is 392 g/mol. The third kappa shape index (κ3) is 2.83. The number of rotatable bonds is 4. The Labute approximate surface area is 132 Å². The van der Waals surface area contributed by atoms with Crippen molar-refractivity contribution < 1.29 is 18.7 Å². The minimum Gasteiger partial charge on any atom is -0.464 e. The number of ether oxygens (including phenoxy) is 2. The summed E-state index contributed by atoms with van der Waals surface area (Å²) in [6, 6.07) is 9.02. The molecule has 0 bridgehead atoms. The standard InChI is InChI=1S/C15H18FIO3/c1-3-19-13(18)15(16)9-14(2,10-17)20-12(15)11-7-5-4-6-8-11/h4-8,12H,3,9-10H2,1-2H3/t12-,14+,15-/m0/s1. The summed E-state index contributed by atoms with van der Waals surface area (Å²) < 4.78 is 26.7. The average Bonchev–Trinajstić information content (AvgIpc) is 2.74. The van der Waals surface area contributed by atoms with E-state index in [1.165, 1.54) is 0 Å². The van der Waals surface area contributed by atoms with Crippen molar-refractivity contribution in [2.75, 3.05) is 11.0 Å². The van der Waals surface area contributed by atoms with Crippen LogP contribution in [0.25, 0.3) is 0 Å². The maximum atomic E-state index is 15.3. The molecule has 5 heteroatoms. The molecule has 1 heterocycles. The molecule has 0 N–H and O–H groups in total. The van der Waals surface area contributed by atoms with Crippen LogP contribution in [-0.2, 0) is 14.3 Å². The fourth-order valence-corrected chi connectivity index (χ4v) is 2.98. The number of alkyl halides is 2. The molecule has 0 unspecified atom stereocenters. The van der Waals surface area contributed by atoms with E-state index in [4.69, 9.17) is 9.47 Å². The van der Waals surface area contributed by atoms with Crippen molar-refractivity contribution in [3.05, 3.63) is 35.9 Å². The van der Waals surface area contributed by atoms with E-state index in [-0.39, 0.29) is 13.0 Å². The van der Waals surface area contributed by atoms with Crippen LogP contribution in [0.4, 0.5) is 4.39 Å². The van der Waals surface area contributed by atoms with Crippen LogP contribution in [0, 0.1) is 0 Å². The first-order valence-corrected chi connectivity index (χ1v) is 8.12. The van der Waals surface area contributed by atoms with Gasteiger partial charge in [-0.2, -0.15) is 0 Å². The second kappa shape index (κ2) is 5.97. The number of hydrogen-bond donors (Lipinski definition) is 0. The number of esters is 1. The quantitative estimate of drug-likeness (QED) is 0.446. The van der Waals surface area contributed by atoms with Crippen molar-refractivity contribution >= 4 is 28.6 Å². The van der Waals surface area contributed by atoms with Gasteiger partial charge >= 0.3 is 5.97 Å². The molecule has 1 aliphatic heterocycles. The Morgan fingerprint density at radius 2 is 2.15 bits per heavy atom. The summed E-state index contributed by atoms with van der Waals surface area (Å²) in [6.45, 7) is 3.66. The lowest BCUT2D eigenvalue weighted by Gasteiger charge is -2.23. The third-order valence-corrected chi connectivity index (χ3v) is 5.06. The zero-order chi connectivity index (χ0) is 14.8. The molecule has 110 valence electrons. The molecule has 3 atom stereocenters. The highest BCUT2D eigenvalue weighted by molar-refractivity contribution is 14.1. The normalized spacial score (nSPS) is 33.1. The molecule has 0 radical (unpaired) electrons. The van der Waals surface area contributed by atoms with E-state index in [2.05, 4.69) is 22.6 Å². The molecule has 0 aliphatic carbocycles. The van der Waals surface area contributed by atoms with Crippen LogP contribution in [0.3, 0.4) is 0 Å². The van der Waals surface area contributed by atoms with E-state index < -0.39 is 23.3 Å². The van der Waals surface area contributed by atoms with E-state index in [1.807, 2.05) is 25.1 Å². The molecule has 0 spiro atoms. The predicted molar refractivity (Wildman–Crippen MR) is 82.6 cm³/mol. The summed E-state index contributed by atoms with van der Waals surface area (Å²) >= 11 is 2.15. The summed E-state index contributed by atoms with van der Waals surface area (Å²) in [5, 5.41) is 0. The molecule has 0 amide bonds. The monoisotopic (exact) mass is 392 g/mol. The van der Waals surface area contributed by atoms with Gasteiger partial charge in [0.1, 0.15) is 6.10 Å². The van der Waals surface area contributed by atoms with E-state index in [0.717, 1.165) is 0 Å². The summed E-state index contributed by atoms with van der Waals surface area (Å²) in [7, 11) is 0. The fourth-order valence-electron chi connectivity index (χ4n) is 2.53. The van der Waals surface area contributed by atoms with Crippen LogP contribution in [-0.4, -0.2) is 28.3 Å². The Hall–Kier alpha value is -0.690. The molecule has 1 aromatic rings. The minimum atomic E-state index is -2.13. The molecular weight excluding hydrogens is 374 g/mol.